The number of aromatic amines is 1. The molecule has 1 amide bonds. The van der Waals surface area contributed by atoms with Crippen LogP contribution < -0.4 is 0 Å². The number of aromatic hydroxyl groups is 1. The number of fused-ring (bicyclic) bond motifs is 1. The lowest BCUT2D eigenvalue weighted by atomic mass is 10.1. The molecule has 2 N–H and O–H groups in total. The molecule has 0 saturated carbocycles. The van der Waals surface area contributed by atoms with Crippen molar-refractivity contribution < 1.29 is 14.6 Å². The third-order valence-corrected chi connectivity index (χ3v) is 3.48. The van der Waals surface area contributed by atoms with Crippen molar-refractivity contribution in [1.82, 2.24) is 4.98 Å². The van der Waals surface area contributed by atoms with Gasteiger partial charge in [-0.15, -0.1) is 5.11 Å². The maximum atomic E-state index is 10.9. The number of methoxy groups -OCH3 is 1. The van der Waals surface area contributed by atoms with Gasteiger partial charge in [0.1, 0.15) is 0 Å². The number of amides is 1. The van der Waals surface area contributed by atoms with Crippen LogP contribution >= 0.6 is 15.9 Å². The Morgan fingerprint density at radius 3 is 2.89 bits per heavy atom. The van der Waals surface area contributed by atoms with Gasteiger partial charge in [-0.05, 0) is 34.5 Å². The number of azo groups is 1. The molecule has 0 unspecified atom stereocenters. The Morgan fingerprint density at radius 1 is 1.50 bits per heavy atom. The first kappa shape index (κ1) is 12.6. The average Bonchev–Trinajstić information content (AvgIpc) is 2.68. The number of nitrogens with zero attached hydrogens (tertiary/aromatic N) is 2. The van der Waals surface area contributed by atoms with Crippen molar-refractivity contribution in [3.63, 3.8) is 0 Å². The minimum absolute atomic E-state index is 0.149. The zero-order chi connectivity index (χ0) is 13.3. The minimum atomic E-state index is -0.826. The zero-order valence-electron chi connectivity index (χ0n) is 9.69. The SMILES string of the molecule is COC(=O)N=Nc1c(O)[nH]c2ccc(C)c(Br)c12. The van der Waals surface area contributed by atoms with E-state index >= 15 is 0 Å². The van der Waals surface area contributed by atoms with Gasteiger partial charge in [-0.2, -0.15) is 0 Å². The van der Waals surface area contributed by atoms with Crippen LogP contribution in [0.1, 0.15) is 5.56 Å². The fraction of sp³-hybridized carbons (Fsp3) is 0.182. The van der Waals surface area contributed by atoms with Crippen LogP contribution in [0.15, 0.2) is 26.8 Å². The number of nitrogens with one attached hydrogen (secondary N) is 1. The van der Waals surface area contributed by atoms with E-state index in [-0.39, 0.29) is 11.6 Å². The maximum Gasteiger partial charge on any atom is 0.452 e. The van der Waals surface area contributed by atoms with Crippen molar-refractivity contribution in [3.05, 3.63) is 22.2 Å². The molecule has 18 heavy (non-hydrogen) atoms. The largest absolute Gasteiger partial charge is 0.493 e. The fourth-order valence-electron chi connectivity index (χ4n) is 1.55. The molecule has 0 spiro atoms. The standard InChI is InChI=1S/C11H10BrN3O3/c1-5-3-4-6-7(8(5)12)9(10(16)13-6)14-15-11(17)18-2/h3-4,13,16H,1-2H3. The van der Waals surface area contributed by atoms with Gasteiger partial charge in [-0.1, -0.05) is 11.2 Å². The van der Waals surface area contributed by atoms with Crippen LogP contribution in [0.2, 0.25) is 0 Å². The van der Waals surface area contributed by atoms with Crippen LogP contribution in [0.5, 0.6) is 5.88 Å². The zero-order valence-corrected chi connectivity index (χ0v) is 11.3. The molecule has 1 aromatic carbocycles. The molecule has 1 aromatic heterocycles. The number of rotatable bonds is 1. The lowest BCUT2D eigenvalue weighted by Gasteiger charge is -1.99. The summed E-state index contributed by atoms with van der Waals surface area (Å²) in [6, 6.07) is 3.70. The quantitative estimate of drug-likeness (QED) is 0.785. The van der Waals surface area contributed by atoms with Gasteiger partial charge in [0.15, 0.2) is 5.69 Å². The van der Waals surface area contributed by atoms with Gasteiger partial charge in [-0.3, -0.25) is 0 Å². The van der Waals surface area contributed by atoms with Crippen molar-refractivity contribution in [3.8, 4) is 5.88 Å². The summed E-state index contributed by atoms with van der Waals surface area (Å²) in [6.07, 6.45) is -0.826. The molecular weight excluding hydrogens is 302 g/mol. The molecule has 7 heteroatoms. The molecule has 6 nitrogen and oxygen atoms in total. The molecule has 0 atom stereocenters. The summed E-state index contributed by atoms with van der Waals surface area (Å²) in [5.74, 6) is -0.149. The predicted octanol–water partition coefficient (Wildman–Crippen LogP) is 3.79. The van der Waals surface area contributed by atoms with E-state index in [0.717, 1.165) is 10.0 Å². The lowest BCUT2D eigenvalue weighted by Crippen LogP contribution is -1.89. The highest BCUT2D eigenvalue weighted by Crippen LogP contribution is 2.40. The molecular formula is C11H10BrN3O3. The third-order valence-electron chi connectivity index (χ3n) is 2.46. The highest BCUT2D eigenvalue weighted by Gasteiger charge is 2.15. The molecule has 0 aliphatic carbocycles. The van der Waals surface area contributed by atoms with Gasteiger partial charge in [0.25, 0.3) is 0 Å². The van der Waals surface area contributed by atoms with Crippen LogP contribution in [0.4, 0.5) is 10.5 Å². The number of benzene rings is 1. The minimum Gasteiger partial charge on any atom is -0.493 e. The first-order valence-corrected chi connectivity index (χ1v) is 5.83. The molecule has 0 radical (unpaired) electrons. The monoisotopic (exact) mass is 311 g/mol. The summed E-state index contributed by atoms with van der Waals surface area (Å²) in [7, 11) is 1.20. The fourth-order valence-corrected chi connectivity index (χ4v) is 2.08. The van der Waals surface area contributed by atoms with E-state index in [0.29, 0.717) is 10.9 Å². The number of H-pyrrole nitrogens is 1. The van der Waals surface area contributed by atoms with Gasteiger partial charge >= 0.3 is 6.09 Å². The van der Waals surface area contributed by atoms with E-state index in [1.807, 2.05) is 19.1 Å². The summed E-state index contributed by atoms with van der Waals surface area (Å²) in [4.78, 5) is 13.7. The topological polar surface area (TPSA) is 87.0 Å². The first-order chi connectivity index (χ1) is 8.54. The smallest absolute Gasteiger partial charge is 0.452 e. The van der Waals surface area contributed by atoms with E-state index in [9.17, 15) is 9.90 Å². The third kappa shape index (κ3) is 2.08. The van der Waals surface area contributed by atoms with Crippen LogP contribution in [0.25, 0.3) is 10.9 Å². The van der Waals surface area contributed by atoms with Crippen LogP contribution in [-0.4, -0.2) is 23.3 Å². The number of halogens is 1. The van der Waals surface area contributed by atoms with Crippen molar-refractivity contribution in [1.29, 1.82) is 0 Å². The second-order valence-corrected chi connectivity index (χ2v) is 4.40. The Hall–Kier alpha value is -1.89. The second-order valence-electron chi connectivity index (χ2n) is 3.61. The van der Waals surface area contributed by atoms with Gasteiger partial charge in [0.2, 0.25) is 5.88 Å². The number of carbonyl (C=O) groups is 1. The summed E-state index contributed by atoms with van der Waals surface area (Å²) >= 11 is 3.42. The van der Waals surface area contributed by atoms with Crippen molar-refractivity contribution in [2.24, 2.45) is 10.2 Å². The lowest BCUT2D eigenvalue weighted by molar-refractivity contribution is 0.181. The molecule has 2 rings (SSSR count). The molecule has 0 fully saturated rings. The van der Waals surface area contributed by atoms with Gasteiger partial charge in [-0.25, -0.2) is 4.79 Å². The number of carbonyl (C=O) groups excluding carboxylic acids is 1. The number of hydrogen-bond acceptors (Lipinski definition) is 4. The Labute approximate surface area is 111 Å². The van der Waals surface area contributed by atoms with Crippen LogP contribution in [0, 0.1) is 6.92 Å². The Balaban J connectivity index is 2.63. The Kier molecular flexibility index (Phi) is 3.33. The molecule has 1 heterocycles. The summed E-state index contributed by atoms with van der Waals surface area (Å²) in [5.41, 5.74) is 1.88. The van der Waals surface area contributed by atoms with Crippen molar-refractivity contribution in [2.45, 2.75) is 6.92 Å². The van der Waals surface area contributed by atoms with E-state index < -0.39 is 6.09 Å². The molecule has 0 saturated heterocycles. The number of aryl methyl sites for hydroxylation is 1. The average molecular weight is 312 g/mol. The van der Waals surface area contributed by atoms with Crippen LogP contribution in [0.3, 0.4) is 0 Å². The second kappa shape index (κ2) is 4.77. The Bertz CT molecular complexity index is 649. The highest BCUT2D eigenvalue weighted by molar-refractivity contribution is 9.10. The molecule has 0 aliphatic rings. The Morgan fingerprint density at radius 2 is 2.22 bits per heavy atom. The summed E-state index contributed by atoms with van der Waals surface area (Å²) in [6.45, 7) is 1.91. The molecule has 2 aromatic rings. The van der Waals surface area contributed by atoms with Gasteiger partial charge < -0.3 is 14.8 Å². The summed E-state index contributed by atoms with van der Waals surface area (Å²) < 4.78 is 5.14. The molecule has 94 valence electrons. The summed E-state index contributed by atoms with van der Waals surface area (Å²) in [5, 5.41) is 17.5. The highest BCUT2D eigenvalue weighted by atomic mass is 79.9. The number of ether oxygens (including phenoxy) is 1. The number of aromatic nitrogens is 1. The van der Waals surface area contributed by atoms with E-state index in [2.05, 4.69) is 35.9 Å². The first-order valence-electron chi connectivity index (χ1n) is 5.04. The molecule has 0 bridgehead atoms. The number of hydrogen-bond donors (Lipinski definition) is 2. The predicted molar refractivity (Wildman–Crippen MR) is 69.3 cm³/mol. The van der Waals surface area contributed by atoms with Crippen molar-refractivity contribution >= 4 is 38.6 Å². The van der Waals surface area contributed by atoms with Crippen molar-refractivity contribution in [2.75, 3.05) is 7.11 Å². The van der Waals surface area contributed by atoms with Gasteiger partial charge in [0.05, 0.1) is 12.6 Å². The maximum absolute atomic E-state index is 10.9. The van der Waals surface area contributed by atoms with E-state index in [4.69, 9.17) is 0 Å². The van der Waals surface area contributed by atoms with Gasteiger partial charge in [0, 0.05) is 9.86 Å². The van der Waals surface area contributed by atoms with Crippen LogP contribution in [-0.2, 0) is 4.74 Å². The van der Waals surface area contributed by atoms with E-state index in [1.165, 1.54) is 7.11 Å². The molecule has 0 aliphatic heterocycles. The van der Waals surface area contributed by atoms with E-state index in [1.54, 1.807) is 0 Å². The normalized spacial score (nSPS) is 11.3.